The first-order valence-corrected chi connectivity index (χ1v) is 13.5. The molecule has 2 saturated carbocycles. The second kappa shape index (κ2) is 8.49. The van der Waals surface area contributed by atoms with Gasteiger partial charge in [-0.05, 0) is 48.3 Å². The third-order valence-corrected chi connectivity index (χ3v) is 9.75. The van der Waals surface area contributed by atoms with Gasteiger partial charge in [-0.1, -0.05) is 29.8 Å². The lowest BCUT2D eigenvalue weighted by molar-refractivity contribution is -0.130. The van der Waals surface area contributed by atoms with Crippen LogP contribution in [-0.4, -0.2) is 59.7 Å². The van der Waals surface area contributed by atoms with E-state index in [1.807, 2.05) is 12.1 Å². The zero-order valence-electron chi connectivity index (χ0n) is 18.9. The van der Waals surface area contributed by atoms with Crippen molar-refractivity contribution in [2.45, 2.75) is 61.5 Å². The van der Waals surface area contributed by atoms with E-state index in [1.54, 1.807) is 6.08 Å². The molecule has 4 N–H and O–H groups in total. The fraction of sp³-hybridized carbons (Fsp3) is 0.522. The molecule has 4 atom stereocenters. The monoisotopic (exact) mass is 522 g/mol. The quantitative estimate of drug-likeness (QED) is 0.396. The average molecular weight is 523 g/mol. The second-order valence-electron chi connectivity index (χ2n) is 9.82. The van der Waals surface area contributed by atoms with Gasteiger partial charge in [-0.25, -0.2) is 13.2 Å². The van der Waals surface area contributed by atoms with Crippen LogP contribution in [0.25, 0.3) is 0 Å². The Morgan fingerprint density at radius 2 is 2.00 bits per heavy atom. The highest BCUT2D eigenvalue weighted by atomic mass is 35.5. The van der Waals surface area contributed by atoms with Crippen LogP contribution in [0.2, 0.25) is 5.02 Å². The molecule has 5 rings (SSSR count). The highest BCUT2D eigenvalue weighted by Gasteiger charge is 2.61. The molecule has 188 valence electrons. The smallest absolute Gasteiger partial charge is 0.407 e. The van der Waals surface area contributed by atoms with Crippen LogP contribution in [0, 0.1) is 5.92 Å². The predicted octanol–water partition coefficient (Wildman–Crippen LogP) is 1.45. The Morgan fingerprint density at radius 3 is 2.63 bits per heavy atom. The number of carbonyl (C=O) groups is 3. The molecule has 0 spiro atoms. The highest BCUT2D eigenvalue weighted by molar-refractivity contribution is 7.91. The van der Waals surface area contributed by atoms with Gasteiger partial charge in [0.15, 0.2) is 0 Å². The lowest BCUT2D eigenvalue weighted by Gasteiger charge is -2.21. The summed E-state index contributed by atoms with van der Waals surface area (Å²) in [6.07, 6.45) is 2.34. The minimum Gasteiger partial charge on any atom is -0.465 e. The Hall–Kier alpha value is -2.63. The van der Waals surface area contributed by atoms with Gasteiger partial charge < -0.3 is 15.7 Å². The Morgan fingerprint density at radius 1 is 1.26 bits per heavy atom. The van der Waals surface area contributed by atoms with Crippen molar-refractivity contribution < 1.29 is 27.9 Å². The van der Waals surface area contributed by atoms with Crippen LogP contribution >= 0.6 is 11.6 Å². The number of sulfonamides is 1. The van der Waals surface area contributed by atoms with Gasteiger partial charge in [-0.3, -0.25) is 19.2 Å². The summed E-state index contributed by atoms with van der Waals surface area (Å²) in [5.41, 5.74) is 1.20. The maximum Gasteiger partial charge on any atom is 0.407 e. The number of hydrogen-bond donors (Lipinski definition) is 4. The van der Waals surface area contributed by atoms with Gasteiger partial charge in [0.05, 0.1) is 17.8 Å². The summed E-state index contributed by atoms with van der Waals surface area (Å²) >= 11 is 6.65. The molecule has 3 amide bonds. The topological polar surface area (TPSA) is 145 Å². The Labute approximate surface area is 208 Å². The number of rotatable bonds is 7. The van der Waals surface area contributed by atoms with Crippen molar-refractivity contribution in [3.8, 4) is 0 Å². The van der Waals surface area contributed by atoms with E-state index in [-0.39, 0.29) is 24.3 Å². The number of hydrogen-bond acceptors (Lipinski definition) is 6. The lowest BCUT2D eigenvalue weighted by atomic mass is 9.93. The van der Waals surface area contributed by atoms with Gasteiger partial charge in [-0.2, -0.15) is 0 Å². The zero-order chi connectivity index (χ0) is 25.1. The molecular formula is C23H27ClN4O6S. The number of nitrogens with zero attached hydrogens (tertiary/aromatic N) is 1. The number of carboxylic acid groups (broad SMARTS) is 1. The van der Waals surface area contributed by atoms with Crippen LogP contribution in [0.4, 0.5) is 4.79 Å². The molecule has 1 aromatic carbocycles. The molecule has 10 nitrogen and oxygen atoms in total. The van der Waals surface area contributed by atoms with E-state index in [9.17, 15) is 27.9 Å². The third-order valence-electron chi connectivity index (χ3n) is 7.49. The van der Waals surface area contributed by atoms with E-state index < -0.39 is 38.9 Å². The SMILES string of the molecule is C=C[C@@H]1C[C@]1(NC(=O)[C@@H]1C[C@H](c2ccc3c(c2Cl)CN(C(=O)O)C3)CN1)C(=O)NS(=O)(=O)C1CC1. The van der Waals surface area contributed by atoms with Gasteiger partial charge in [0, 0.05) is 24.0 Å². The van der Waals surface area contributed by atoms with Gasteiger partial charge in [0.1, 0.15) is 5.54 Å². The Balaban J connectivity index is 1.26. The number of benzene rings is 1. The minimum absolute atomic E-state index is 0.0724. The van der Waals surface area contributed by atoms with E-state index in [0.717, 1.165) is 16.7 Å². The van der Waals surface area contributed by atoms with Crippen LogP contribution in [0.15, 0.2) is 24.8 Å². The molecule has 1 aromatic rings. The zero-order valence-corrected chi connectivity index (χ0v) is 20.5. The molecule has 35 heavy (non-hydrogen) atoms. The van der Waals surface area contributed by atoms with E-state index in [2.05, 4.69) is 21.9 Å². The van der Waals surface area contributed by atoms with Crippen molar-refractivity contribution in [2.24, 2.45) is 5.92 Å². The number of carbonyl (C=O) groups excluding carboxylic acids is 2. The number of fused-ring (bicyclic) bond motifs is 1. The normalized spacial score (nSPS) is 29.4. The standard InChI is InChI=1S/C23H27ClN4O6S/c1-2-14-8-23(14,21(30)27-35(33,34)15-4-5-15)26-20(29)18-7-13(9-25-18)16-6-3-12-10-28(22(31)32)11-17(12)19(16)24/h2-3,6,13-15,18,25H,1,4-5,7-11H2,(H,26,29)(H,27,30)(H,31,32)/t13-,14+,18-,23+/m0/s1. The van der Waals surface area contributed by atoms with Crippen LogP contribution in [0.3, 0.4) is 0 Å². The van der Waals surface area contributed by atoms with E-state index in [4.69, 9.17) is 11.6 Å². The molecule has 0 aromatic heterocycles. The fourth-order valence-electron chi connectivity index (χ4n) is 5.10. The Bertz CT molecular complexity index is 1230. The minimum atomic E-state index is -3.74. The van der Waals surface area contributed by atoms with Gasteiger partial charge in [0.2, 0.25) is 15.9 Å². The first kappa shape index (κ1) is 24.1. The first-order valence-electron chi connectivity index (χ1n) is 11.6. The van der Waals surface area contributed by atoms with E-state index in [0.29, 0.717) is 43.8 Å². The molecule has 3 fully saturated rings. The maximum atomic E-state index is 13.1. The van der Waals surface area contributed by atoms with Crippen molar-refractivity contribution in [3.63, 3.8) is 0 Å². The molecule has 0 radical (unpaired) electrons. The van der Waals surface area contributed by atoms with Gasteiger partial charge >= 0.3 is 6.09 Å². The summed E-state index contributed by atoms with van der Waals surface area (Å²) in [5, 5.41) is 15.2. The summed E-state index contributed by atoms with van der Waals surface area (Å²) < 4.78 is 26.7. The van der Waals surface area contributed by atoms with Crippen LogP contribution in [0.1, 0.15) is 48.3 Å². The van der Waals surface area contributed by atoms with E-state index in [1.165, 1.54) is 4.90 Å². The summed E-state index contributed by atoms with van der Waals surface area (Å²) in [6, 6.07) is 3.17. The average Bonchev–Trinajstić information content (AvgIpc) is 3.68. The van der Waals surface area contributed by atoms with Crippen molar-refractivity contribution in [2.75, 3.05) is 6.54 Å². The summed E-state index contributed by atoms with van der Waals surface area (Å²) in [7, 11) is -3.74. The van der Waals surface area contributed by atoms with Crippen LogP contribution in [0.5, 0.6) is 0 Å². The molecule has 2 aliphatic carbocycles. The molecule has 1 saturated heterocycles. The molecule has 4 aliphatic rings. The summed E-state index contributed by atoms with van der Waals surface area (Å²) in [5.74, 6) is -1.52. The summed E-state index contributed by atoms with van der Waals surface area (Å²) in [4.78, 5) is 38.6. The second-order valence-corrected chi connectivity index (χ2v) is 12.2. The largest absolute Gasteiger partial charge is 0.465 e. The first-order chi connectivity index (χ1) is 16.6. The fourth-order valence-corrected chi connectivity index (χ4v) is 6.86. The van der Waals surface area contributed by atoms with Gasteiger partial charge in [0.25, 0.3) is 5.91 Å². The van der Waals surface area contributed by atoms with E-state index >= 15 is 0 Å². The molecule has 2 heterocycles. The number of amides is 3. The molecule has 2 aliphatic heterocycles. The molecule has 0 unspecified atom stereocenters. The summed E-state index contributed by atoms with van der Waals surface area (Å²) in [6.45, 7) is 4.71. The molecular weight excluding hydrogens is 496 g/mol. The molecule has 12 heteroatoms. The van der Waals surface area contributed by atoms with Gasteiger partial charge in [-0.15, -0.1) is 6.58 Å². The predicted molar refractivity (Wildman–Crippen MR) is 127 cm³/mol. The van der Waals surface area contributed by atoms with Crippen molar-refractivity contribution in [1.82, 2.24) is 20.3 Å². The third kappa shape index (κ3) is 4.30. The van der Waals surface area contributed by atoms with Crippen molar-refractivity contribution in [1.29, 1.82) is 0 Å². The lowest BCUT2D eigenvalue weighted by Crippen LogP contribution is -2.55. The van der Waals surface area contributed by atoms with Crippen molar-refractivity contribution >= 4 is 39.5 Å². The Kier molecular flexibility index (Phi) is 5.84. The number of nitrogens with one attached hydrogen (secondary N) is 3. The van der Waals surface area contributed by atoms with Crippen LogP contribution < -0.4 is 15.4 Å². The number of halogens is 1. The maximum absolute atomic E-state index is 13.1. The van der Waals surface area contributed by atoms with Crippen molar-refractivity contribution in [3.05, 3.63) is 46.5 Å². The molecule has 0 bridgehead atoms. The highest BCUT2D eigenvalue weighted by Crippen LogP contribution is 2.45. The van der Waals surface area contributed by atoms with Crippen LogP contribution in [-0.2, 0) is 32.7 Å².